The molecule has 0 N–H and O–H groups in total. The Morgan fingerprint density at radius 1 is 1.14 bits per heavy atom. The highest BCUT2D eigenvalue weighted by molar-refractivity contribution is 7.98. The fourth-order valence-corrected chi connectivity index (χ4v) is 4.42. The Bertz CT molecular complexity index is 966. The van der Waals surface area contributed by atoms with Crippen molar-refractivity contribution >= 4 is 23.5 Å². The minimum absolute atomic E-state index is 0.0122. The number of aromatic nitrogens is 4. The Labute approximate surface area is 173 Å². The van der Waals surface area contributed by atoms with Crippen LogP contribution in [-0.2, 0) is 5.75 Å². The lowest BCUT2D eigenvalue weighted by Gasteiger charge is -2.35. The van der Waals surface area contributed by atoms with Gasteiger partial charge in [-0.3, -0.25) is 9.78 Å². The SMILES string of the molecule is Cc1noc(C)c1CSc1ncccc1C(=O)N1CCN(c2cnccn2)CC1. The average molecular weight is 411 g/mol. The van der Waals surface area contributed by atoms with Gasteiger partial charge in [-0.15, -0.1) is 11.8 Å². The summed E-state index contributed by atoms with van der Waals surface area (Å²) in [5.74, 6) is 2.33. The fraction of sp³-hybridized carbons (Fsp3) is 0.350. The Morgan fingerprint density at radius 2 is 1.97 bits per heavy atom. The number of nitrogens with zero attached hydrogens (tertiary/aromatic N) is 6. The number of rotatable bonds is 5. The maximum atomic E-state index is 13.2. The first-order valence-corrected chi connectivity index (χ1v) is 10.4. The van der Waals surface area contributed by atoms with E-state index in [1.54, 1.807) is 24.8 Å². The molecule has 1 fully saturated rings. The van der Waals surface area contributed by atoms with Crippen molar-refractivity contribution in [1.29, 1.82) is 0 Å². The predicted octanol–water partition coefficient (Wildman–Crippen LogP) is 2.73. The second-order valence-corrected chi connectivity index (χ2v) is 7.75. The molecule has 9 heteroatoms. The molecule has 0 saturated carbocycles. The van der Waals surface area contributed by atoms with Gasteiger partial charge in [-0.25, -0.2) is 9.97 Å². The molecule has 1 amide bonds. The minimum atomic E-state index is 0.0122. The van der Waals surface area contributed by atoms with Gasteiger partial charge >= 0.3 is 0 Å². The maximum Gasteiger partial charge on any atom is 0.256 e. The average Bonchev–Trinajstić information content (AvgIpc) is 3.10. The molecule has 29 heavy (non-hydrogen) atoms. The highest BCUT2D eigenvalue weighted by Crippen LogP contribution is 2.28. The summed E-state index contributed by atoms with van der Waals surface area (Å²) in [6, 6.07) is 3.66. The topological polar surface area (TPSA) is 88.3 Å². The Balaban J connectivity index is 1.43. The summed E-state index contributed by atoms with van der Waals surface area (Å²) < 4.78 is 5.23. The summed E-state index contributed by atoms with van der Waals surface area (Å²) in [6.07, 6.45) is 6.82. The zero-order chi connectivity index (χ0) is 20.2. The van der Waals surface area contributed by atoms with E-state index in [1.807, 2.05) is 30.9 Å². The molecule has 1 aliphatic rings. The number of piperazine rings is 1. The van der Waals surface area contributed by atoms with Crippen LogP contribution >= 0.6 is 11.8 Å². The molecule has 0 spiro atoms. The lowest BCUT2D eigenvalue weighted by atomic mass is 10.2. The van der Waals surface area contributed by atoms with Crippen LogP contribution in [0, 0.1) is 13.8 Å². The van der Waals surface area contributed by atoms with Gasteiger partial charge in [-0.05, 0) is 26.0 Å². The monoisotopic (exact) mass is 410 g/mol. The zero-order valence-corrected chi connectivity index (χ0v) is 17.2. The number of hydrogen-bond donors (Lipinski definition) is 0. The third-order valence-corrected chi connectivity index (χ3v) is 6.01. The second-order valence-electron chi connectivity index (χ2n) is 6.79. The third-order valence-electron chi connectivity index (χ3n) is 4.98. The molecule has 0 radical (unpaired) electrons. The molecule has 150 valence electrons. The summed E-state index contributed by atoms with van der Waals surface area (Å²) in [4.78, 5) is 30.1. The van der Waals surface area contributed by atoms with Crippen LogP contribution in [0.25, 0.3) is 0 Å². The first-order chi connectivity index (χ1) is 14.1. The summed E-state index contributed by atoms with van der Waals surface area (Å²) in [6.45, 7) is 6.56. The third kappa shape index (κ3) is 4.24. The van der Waals surface area contributed by atoms with E-state index in [0.29, 0.717) is 24.4 Å². The molecular weight excluding hydrogens is 388 g/mol. The lowest BCUT2D eigenvalue weighted by molar-refractivity contribution is 0.0742. The van der Waals surface area contributed by atoms with Gasteiger partial charge < -0.3 is 14.3 Å². The van der Waals surface area contributed by atoms with E-state index >= 15 is 0 Å². The van der Waals surface area contributed by atoms with Crippen LogP contribution < -0.4 is 4.90 Å². The molecule has 4 heterocycles. The van der Waals surface area contributed by atoms with Gasteiger partial charge in [0.2, 0.25) is 0 Å². The molecule has 0 aliphatic carbocycles. The molecule has 0 bridgehead atoms. The highest BCUT2D eigenvalue weighted by Gasteiger charge is 2.25. The standard InChI is InChI=1S/C20H22N6O2S/c1-14-17(15(2)28-24-14)13-29-19-16(4-3-5-23-19)20(27)26-10-8-25(9-11-26)18-12-21-6-7-22-18/h3-7,12H,8-11,13H2,1-2H3. The van der Waals surface area contributed by atoms with Crippen LogP contribution in [0.1, 0.15) is 27.4 Å². The Morgan fingerprint density at radius 3 is 2.66 bits per heavy atom. The first kappa shape index (κ1) is 19.4. The van der Waals surface area contributed by atoms with Crippen molar-refractivity contribution in [3.05, 3.63) is 59.5 Å². The number of amides is 1. The molecule has 0 atom stereocenters. The van der Waals surface area contributed by atoms with Crippen LogP contribution in [0.15, 0.2) is 46.5 Å². The fourth-order valence-electron chi connectivity index (χ4n) is 3.28. The summed E-state index contributed by atoms with van der Waals surface area (Å²) in [7, 11) is 0. The van der Waals surface area contributed by atoms with E-state index in [1.165, 1.54) is 11.8 Å². The van der Waals surface area contributed by atoms with Crippen molar-refractivity contribution in [3.8, 4) is 0 Å². The second kappa shape index (κ2) is 8.60. The van der Waals surface area contributed by atoms with Gasteiger partial charge in [-0.2, -0.15) is 0 Å². The van der Waals surface area contributed by atoms with Crippen molar-refractivity contribution in [1.82, 2.24) is 25.0 Å². The maximum absolute atomic E-state index is 13.2. The molecule has 4 rings (SSSR count). The van der Waals surface area contributed by atoms with E-state index in [-0.39, 0.29) is 5.91 Å². The van der Waals surface area contributed by atoms with Gasteiger partial charge in [0, 0.05) is 56.1 Å². The number of thioether (sulfide) groups is 1. The van der Waals surface area contributed by atoms with E-state index in [2.05, 4.69) is 25.0 Å². The Hall–Kier alpha value is -2.94. The van der Waals surface area contributed by atoms with Crippen molar-refractivity contribution in [2.75, 3.05) is 31.1 Å². The molecule has 0 unspecified atom stereocenters. The summed E-state index contributed by atoms with van der Waals surface area (Å²) >= 11 is 1.54. The van der Waals surface area contributed by atoms with Crippen molar-refractivity contribution < 1.29 is 9.32 Å². The number of hydrogen-bond acceptors (Lipinski definition) is 8. The number of pyridine rings is 1. The first-order valence-electron chi connectivity index (χ1n) is 9.43. The molecule has 3 aromatic heterocycles. The van der Waals surface area contributed by atoms with Crippen molar-refractivity contribution in [2.24, 2.45) is 0 Å². The van der Waals surface area contributed by atoms with Gasteiger partial charge in [0.25, 0.3) is 5.91 Å². The highest BCUT2D eigenvalue weighted by atomic mass is 32.2. The summed E-state index contributed by atoms with van der Waals surface area (Å²) in [5.41, 5.74) is 2.56. The van der Waals surface area contributed by atoms with Crippen LogP contribution in [0.5, 0.6) is 0 Å². The zero-order valence-electron chi connectivity index (χ0n) is 16.4. The van der Waals surface area contributed by atoms with Crippen LogP contribution in [0.4, 0.5) is 5.82 Å². The van der Waals surface area contributed by atoms with Crippen LogP contribution in [-0.4, -0.2) is 57.1 Å². The van der Waals surface area contributed by atoms with E-state index in [4.69, 9.17) is 4.52 Å². The molecule has 1 saturated heterocycles. The van der Waals surface area contributed by atoms with Gasteiger partial charge in [0.1, 0.15) is 16.6 Å². The van der Waals surface area contributed by atoms with E-state index < -0.39 is 0 Å². The molecule has 3 aromatic rings. The number of anilines is 1. The van der Waals surface area contributed by atoms with E-state index in [0.717, 1.165) is 41.0 Å². The molecular formula is C20H22N6O2S. The predicted molar refractivity (Wildman–Crippen MR) is 110 cm³/mol. The van der Waals surface area contributed by atoms with E-state index in [9.17, 15) is 4.79 Å². The van der Waals surface area contributed by atoms with Crippen LogP contribution in [0.2, 0.25) is 0 Å². The van der Waals surface area contributed by atoms with Gasteiger partial charge in [0.05, 0.1) is 17.5 Å². The number of carbonyl (C=O) groups is 1. The smallest absolute Gasteiger partial charge is 0.256 e. The quantitative estimate of drug-likeness (QED) is 0.593. The molecule has 1 aliphatic heterocycles. The lowest BCUT2D eigenvalue weighted by Crippen LogP contribution is -2.49. The van der Waals surface area contributed by atoms with Crippen LogP contribution in [0.3, 0.4) is 0 Å². The summed E-state index contributed by atoms with van der Waals surface area (Å²) in [5, 5.41) is 4.72. The Kier molecular flexibility index (Phi) is 5.75. The van der Waals surface area contributed by atoms with Gasteiger partial charge in [-0.1, -0.05) is 5.16 Å². The number of aryl methyl sites for hydroxylation is 2. The normalized spacial score (nSPS) is 14.3. The van der Waals surface area contributed by atoms with Gasteiger partial charge in [0.15, 0.2) is 0 Å². The number of carbonyl (C=O) groups excluding carboxylic acids is 1. The molecule has 0 aromatic carbocycles. The largest absolute Gasteiger partial charge is 0.361 e. The van der Waals surface area contributed by atoms with Crippen molar-refractivity contribution in [2.45, 2.75) is 24.6 Å². The minimum Gasteiger partial charge on any atom is -0.361 e. The van der Waals surface area contributed by atoms with Crippen molar-refractivity contribution in [3.63, 3.8) is 0 Å². The molecule has 8 nitrogen and oxygen atoms in total.